The number of aromatic hydroxyl groups is 1. The molecule has 0 spiro atoms. The van der Waals surface area contributed by atoms with E-state index in [0.29, 0.717) is 17.5 Å². The number of aliphatic imine (C=N–C) groups is 1. The highest BCUT2D eigenvalue weighted by molar-refractivity contribution is 6.31. The van der Waals surface area contributed by atoms with Crippen molar-refractivity contribution in [2.24, 2.45) is 4.99 Å². The second kappa shape index (κ2) is 9.80. The summed E-state index contributed by atoms with van der Waals surface area (Å²) >= 11 is 6.25. The molecular weight excluding hydrogens is 374 g/mol. The average molecular weight is 398 g/mol. The molecule has 3 aromatic rings. The van der Waals surface area contributed by atoms with Crippen LogP contribution >= 0.6 is 11.6 Å². The molecule has 0 saturated heterocycles. The fourth-order valence-corrected chi connectivity index (χ4v) is 2.93. The third-order valence-electron chi connectivity index (χ3n) is 4.27. The molecule has 28 heavy (non-hydrogen) atoms. The summed E-state index contributed by atoms with van der Waals surface area (Å²) in [5, 5.41) is 17.0. The molecule has 146 valence electrons. The smallest absolute Gasteiger partial charge is 0.196 e. The maximum Gasteiger partial charge on any atom is 0.196 e. The maximum atomic E-state index is 9.62. The van der Waals surface area contributed by atoms with Gasteiger partial charge in [0.2, 0.25) is 0 Å². The maximum absolute atomic E-state index is 9.62. The third-order valence-corrected chi connectivity index (χ3v) is 4.64. The number of rotatable bonds is 7. The minimum atomic E-state index is 0.242. The van der Waals surface area contributed by atoms with Gasteiger partial charge in [-0.2, -0.15) is 0 Å². The third kappa shape index (κ3) is 5.76. The Bertz CT molecular complexity index is 924. The van der Waals surface area contributed by atoms with Crippen LogP contribution in [0.3, 0.4) is 0 Å². The van der Waals surface area contributed by atoms with Gasteiger partial charge in [0.05, 0.1) is 12.9 Å². The number of nitrogens with one attached hydrogen (secondary N) is 2. The van der Waals surface area contributed by atoms with E-state index in [0.717, 1.165) is 36.3 Å². The van der Waals surface area contributed by atoms with Gasteiger partial charge in [-0.1, -0.05) is 29.8 Å². The fraction of sp³-hybridized carbons (Fsp3) is 0.238. The molecule has 0 radical (unpaired) electrons. The summed E-state index contributed by atoms with van der Waals surface area (Å²) in [6.45, 7) is 4.03. The number of halogens is 1. The predicted molar refractivity (Wildman–Crippen MR) is 114 cm³/mol. The van der Waals surface area contributed by atoms with Crippen LogP contribution in [-0.4, -0.2) is 27.2 Å². The number of phenols is 1. The van der Waals surface area contributed by atoms with Crippen LogP contribution in [0.5, 0.6) is 5.75 Å². The van der Waals surface area contributed by atoms with Crippen LogP contribution in [0.25, 0.3) is 0 Å². The van der Waals surface area contributed by atoms with Gasteiger partial charge in [0.25, 0.3) is 0 Å². The Morgan fingerprint density at radius 2 is 2.11 bits per heavy atom. The zero-order chi connectivity index (χ0) is 19.8. The Morgan fingerprint density at radius 3 is 2.86 bits per heavy atom. The number of phenolic OH excluding ortho intramolecular Hbond substituents is 1. The number of anilines is 1. The lowest BCUT2D eigenvalue weighted by atomic mass is 10.2. The van der Waals surface area contributed by atoms with Crippen molar-refractivity contribution in [1.29, 1.82) is 0 Å². The standard InChI is InChI=1S/C21H24ClN5O/c1-16-13-18(28)7-8-20(16)26-21(24-9-4-11-27-12-10-23-15-27)25-14-17-5-2-3-6-19(17)22/h2-3,5-8,10,12-13,15,28H,4,9,11,14H2,1H3,(H2,24,25,26). The average Bonchev–Trinajstić information content (AvgIpc) is 3.19. The zero-order valence-corrected chi connectivity index (χ0v) is 16.5. The molecule has 3 N–H and O–H groups in total. The summed E-state index contributed by atoms with van der Waals surface area (Å²) in [5.74, 6) is 0.908. The van der Waals surface area contributed by atoms with E-state index in [4.69, 9.17) is 11.6 Å². The first-order chi connectivity index (χ1) is 13.6. The van der Waals surface area contributed by atoms with E-state index in [1.807, 2.05) is 54.3 Å². The van der Waals surface area contributed by atoms with Gasteiger partial charge in [-0.05, 0) is 48.7 Å². The Morgan fingerprint density at radius 1 is 1.25 bits per heavy atom. The Hall–Kier alpha value is -2.99. The lowest BCUT2D eigenvalue weighted by Gasteiger charge is -2.15. The first-order valence-electron chi connectivity index (χ1n) is 9.16. The molecule has 0 atom stereocenters. The Labute approximate surface area is 169 Å². The second-order valence-corrected chi connectivity index (χ2v) is 6.87. The number of hydrogen-bond acceptors (Lipinski definition) is 3. The lowest BCUT2D eigenvalue weighted by Crippen LogP contribution is -2.32. The van der Waals surface area contributed by atoms with Crippen LogP contribution in [0, 0.1) is 6.92 Å². The first kappa shape index (κ1) is 19.8. The summed E-state index contributed by atoms with van der Waals surface area (Å²) in [7, 11) is 0. The van der Waals surface area contributed by atoms with E-state index < -0.39 is 0 Å². The topological polar surface area (TPSA) is 74.5 Å². The Kier molecular flexibility index (Phi) is 6.92. The molecule has 3 rings (SSSR count). The van der Waals surface area contributed by atoms with E-state index in [1.54, 1.807) is 18.3 Å². The molecule has 0 unspecified atom stereocenters. The number of aryl methyl sites for hydroxylation is 2. The number of guanidine groups is 1. The highest BCUT2D eigenvalue weighted by atomic mass is 35.5. The van der Waals surface area contributed by atoms with E-state index in [9.17, 15) is 5.11 Å². The summed E-state index contributed by atoms with van der Waals surface area (Å²) in [6, 6.07) is 12.9. The number of aromatic nitrogens is 2. The molecule has 0 fully saturated rings. The normalized spacial score (nSPS) is 11.4. The number of nitrogens with zero attached hydrogens (tertiary/aromatic N) is 3. The molecule has 7 heteroatoms. The summed E-state index contributed by atoms with van der Waals surface area (Å²) in [4.78, 5) is 8.73. The summed E-state index contributed by atoms with van der Waals surface area (Å²) < 4.78 is 2.04. The zero-order valence-electron chi connectivity index (χ0n) is 15.8. The van der Waals surface area contributed by atoms with Crippen molar-refractivity contribution in [2.75, 3.05) is 11.9 Å². The number of imidazole rings is 1. The predicted octanol–water partition coefficient (Wildman–Crippen LogP) is 4.20. The van der Waals surface area contributed by atoms with E-state index in [2.05, 4.69) is 20.6 Å². The minimum absolute atomic E-state index is 0.242. The van der Waals surface area contributed by atoms with Crippen molar-refractivity contribution < 1.29 is 5.11 Å². The van der Waals surface area contributed by atoms with Crippen molar-refractivity contribution in [3.8, 4) is 5.75 Å². The number of hydrogen-bond donors (Lipinski definition) is 3. The molecule has 1 heterocycles. The molecule has 2 aromatic carbocycles. The Balaban J connectivity index is 1.67. The van der Waals surface area contributed by atoms with Crippen molar-refractivity contribution in [2.45, 2.75) is 26.4 Å². The van der Waals surface area contributed by atoms with Crippen LogP contribution < -0.4 is 10.6 Å². The van der Waals surface area contributed by atoms with Crippen LogP contribution in [0.4, 0.5) is 5.69 Å². The van der Waals surface area contributed by atoms with E-state index in [1.165, 1.54) is 0 Å². The van der Waals surface area contributed by atoms with Gasteiger partial charge in [-0.15, -0.1) is 0 Å². The highest BCUT2D eigenvalue weighted by Crippen LogP contribution is 2.20. The lowest BCUT2D eigenvalue weighted by molar-refractivity contribution is 0.475. The van der Waals surface area contributed by atoms with Gasteiger partial charge in [0.15, 0.2) is 5.96 Å². The molecular formula is C21H24ClN5O. The largest absolute Gasteiger partial charge is 0.508 e. The molecule has 0 bridgehead atoms. The highest BCUT2D eigenvalue weighted by Gasteiger charge is 2.05. The molecule has 0 aliphatic heterocycles. The van der Waals surface area contributed by atoms with Gasteiger partial charge in [-0.25, -0.2) is 9.98 Å². The van der Waals surface area contributed by atoms with Crippen LogP contribution in [0.1, 0.15) is 17.5 Å². The summed E-state index contributed by atoms with van der Waals surface area (Å²) in [5.41, 5.74) is 2.79. The monoisotopic (exact) mass is 397 g/mol. The molecule has 6 nitrogen and oxygen atoms in total. The molecule has 0 amide bonds. The minimum Gasteiger partial charge on any atom is -0.508 e. The van der Waals surface area contributed by atoms with Crippen LogP contribution in [-0.2, 0) is 13.1 Å². The van der Waals surface area contributed by atoms with Crippen LogP contribution in [0.15, 0.2) is 66.2 Å². The SMILES string of the molecule is Cc1cc(O)ccc1NC(=NCc1ccccc1Cl)NCCCn1ccnc1. The summed E-state index contributed by atoms with van der Waals surface area (Å²) in [6.07, 6.45) is 6.46. The van der Waals surface area contributed by atoms with Crippen molar-refractivity contribution >= 4 is 23.2 Å². The van der Waals surface area contributed by atoms with Gasteiger partial charge < -0.3 is 20.3 Å². The van der Waals surface area contributed by atoms with Gasteiger partial charge in [-0.3, -0.25) is 0 Å². The molecule has 1 aromatic heterocycles. The molecule has 0 aliphatic carbocycles. The van der Waals surface area contributed by atoms with E-state index in [-0.39, 0.29) is 5.75 Å². The van der Waals surface area contributed by atoms with E-state index >= 15 is 0 Å². The quantitative estimate of drug-likeness (QED) is 0.242. The van der Waals surface area contributed by atoms with Gasteiger partial charge in [0.1, 0.15) is 5.75 Å². The molecule has 0 saturated carbocycles. The van der Waals surface area contributed by atoms with Crippen LogP contribution in [0.2, 0.25) is 5.02 Å². The van der Waals surface area contributed by atoms with Gasteiger partial charge >= 0.3 is 0 Å². The molecule has 0 aliphatic rings. The van der Waals surface area contributed by atoms with Crippen molar-refractivity contribution in [3.63, 3.8) is 0 Å². The van der Waals surface area contributed by atoms with Crippen molar-refractivity contribution in [3.05, 3.63) is 77.3 Å². The fourth-order valence-electron chi connectivity index (χ4n) is 2.73. The van der Waals surface area contributed by atoms with Crippen molar-refractivity contribution in [1.82, 2.24) is 14.9 Å². The number of benzene rings is 2. The first-order valence-corrected chi connectivity index (χ1v) is 9.54. The van der Waals surface area contributed by atoms with Gasteiger partial charge in [0, 0.05) is 36.2 Å². The second-order valence-electron chi connectivity index (χ2n) is 6.46.